The van der Waals surface area contributed by atoms with Crippen molar-refractivity contribution in [3.05, 3.63) is 70.8 Å². The lowest BCUT2D eigenvalue weighted by molar-refractivity contribution is 0.0920. The highest BCUT2D eigenvalue weighted by Crippen LogP contribution is 2.30. The Bertz CT molecular complexity index is 1090. The van der Waals surface area contributed by atoms with Gasteiger partial charge in [-0.2, -0.15) is 4.98 Å². The molecular formula is C19H14ClN3O3. The highest BCUT2D eigenvalue weighted by atomic mass is 35.5. The second-order valence-corrected chi connectivity index (χ2v) is 6.14. The van der Waals surface area contributed by atoms with Gasteiger partial charge in [-0.1, -0.05) is 59.2 Å². The van der Waals surface area contributed by atoms with E-state index in [2.05, 4.69) is 15.5 Å². The van der Waals surface area contributed by atoms with Crippen molar-refractivity contribution in [1.82, 2.24) is 15.5 Å². The van der Waals surface area contributed by atoms with Gasteiger partial charge in [0.1, 0.15) is 0 Å². The SMILES string of the molecule is Cc1c(C(=O)NCc2nc(-c3ccccc3)no2)oc2c(Cl)cccc12. The molecule has 0 saturated carbocycles. The van der Waals surface area contributed by atoms with Crippen molar-refractivity contribution in [2.45, 2.75) is 13.5 Å². The number of rotatable bonds is 4. The molecule has 130 valence electrons. The van der Waals surface area contributed by atoms with Gasteiger partial charge in [-0.3, -0.25) is 4.79 Å². The number of halogens is 1. The first-order chi connectivity index (χ1) is 12.6. The van der Waals surface area contributed by atoms with Crippen LogP contribution in [0.25, 0.3) is 22.4 Å². The van der Waals surface area contributed by atoms with Crippen LogP contribution in [0.2, 0.25) is 5.02 Å². The first-order valence-electron chi connectivity index (χ1n) is 7.97. The van der Waals surface area contributed by atoms with Crippen molar-refractivity contribution in [3.63, 3.8) is 0 Å². The molecule has 0 spiro atoms. The summed E-state index contributed by atoms with van der Waals surface area (Å²) in [5, 5.41) is 7.93. The Morgan fingerprint density at radius 3 is 2.73 bits per heavy atom. The van der Waals surface area contributed by atoms with Gasteiger partial charge < -0.3 is 14.3 Å². The summed E-state index contributed by atoms with van der Waals surface area (Å²) in [7, 11) is 0. The first kappa shape index (κ1) is 16.4. The fraction of sp³-hybridized carbons (Fsp3) is 0.105. The zero-order valence-electron chi connectivity index (χ0n) is 13.8. The molecular weight excluding hydrogens is 354 g/mol. The number of nitrogens with zero attached hydrogens (tertiary/aromatic N) is 2. The number of benzene rings is 2. The number of nitrogens with one attached hydrogen (secondary N) is 1. The number of amides is 1. The number of hydrogen-bond donors (Lipinski definition) is 1. The number of hydrogen-bond acceptors (Lipinski definition) is 5. The number of fused-ring (bicyclic) bond motifs is 1. The fourth-order valence-corrected chi connectivity index (χ4v) is 2.91. The number of furan rings is 1. The molecule has 0 radical (unpaired) electrons. The van der Waals surface area contributed by atoms with Gasteiger partial charge in [0.25, 0.3) is 5.91 Å². The molecule has 0 aliphatic rings. The van der Waals surface area contributed by atoms with Crippen LogP contribution in [0.1, 0.15) is 22.0 Å². The average molecular weight is 368 g/mol. The summed E-state index contributed by atoms with van der Waals surface area (Å²) in [5.74, 6) is 0.635. The van der Waals surface area contributed by atoms with Crippen LogP contribution in [0.3, 0.4) is 0 Å². The molecule has 0 saturated heterocycles. The molecule has 1 amide bonds. The lowest BCUT2D eigenvalue weighted by atomic mass is 10.1. The van der Waals surface area contributed by atoms with Gasteiger partial charge in [0.15, 0.2) is 11.3 Å². The van der Waals surface area contributed by atoms with E-state index in [-0.39, 0.29) is 18.2 Å². The Morgan fingerprint density at radius 1 is 1.15 bits per heavy atom. The van der Waals surface area contributed by atoms with E-state index in [1.54, 1.807) is 6.07 Å². The van der Waals surface area contributed by atoms with E-state index < -0.39 is 0 Å². The maximum absolute atomic E-state index is 12.5. The molecule has 2 aromatic carbocycles. The van der Waals surface area contributed by atoms with Gasteiger partial charge in [0.05, 0.1) is 11.6 Å². The van der Waals surface area contributed by atoms with E-state index in [0.29, 0.717) is 22.3 Å². The van der Waals surface area contributed by atoms with Crippen LogP contribution >= 0.6 is 11.6 Å². The van der Waals surface area contributed by atoms with Crippen LogP contribution in [-0.4, -0.2) is 16.0 Å². The normalized spacial score (nSPS) is 11.0. The standard InChI is InChI=1S/C19H14ClN3O3/c1-11-13-8-5-9-14(20)17(13)25-16(11)19(24)21-10-15-22-18(23-26-15)12-6-3-2-4-7-12/h2-9H,10H2,1H3,(H,21,24). The van der Waals surface area contributed by atoms with Crippen molar-refractivity contribution < 1.29 is 13.7 Å². The van der Waals surface area contributed by atoms with Gasteiger partial charge in [-0.25, -0.2) is 0 Å². The molecule has 0 fully saturated rings. The lowest BCUT2D eigenvalue weighted by Gasteiger charge is -2.00. The van der Waals surface area contributed by atoms with Gasteiger partial charge in [-0.05, 0) is 13.0 Å². The molecule has 0 bridgehead atoms. The number of aryl methyl sites for hydroxylation is 1. The van der Waals surface area contributed by atoms with Crippen molar-refractivity contribution in [1.29, 1.82) is 0 Å². The first-order valence-corrected chi connectivity index (χ1v) is 8.35. The molecule has 0 unspecified atom stereocenters. The topological polar surface area (TPSA) is 81.2 Å². The van der Waals surface area contributed by atoms with Gasteiger partial charge in [0, 0.05) is 16.5 Å². The minimum absolute atomic E-state index is 0.100. The summed E-state index contributed by atoms with van der Waals surface area (Å²) in [5.41, 5.74) is 2.08. The summed E-state index contributed by atoms with van der Waals surface area (Å²) in [6.07, 6.45) is 0. The third-order valence-electron chi connectivity index (χ3n) is 4.02. The molecule has 0 aliphatic carbocycles. The molecule has 26 heavy (non-hydrogen) atoms. The zero-order valence-corrected chi connectivity index (χ0v) is 14.6. The van der Waals surface area contributed by atoms with Crippen LogP contribution in [0.5, 0.6) is 0 Å². The summed E-state index contributed by atoms with van der Waals surface area (Å²) in [4.78, 5) is 16.7. The maximum Gasteiger partial charge on any atom is 0.287 e. The molecule has 2 aromatic heterocycles. The molecule has 6 nitrogen and oxygen atoms in total. The van der Waals surface area contributed by atoms with Gasteiger partial charge in [0.2, 0.25) is 11.7 Å². The van der Waals surface area contributed by atoms with E-state index in [9.17, 15) is 4.79 Å². The molecule has 0 atom stereocenters. The van der Waals surface area contributed by atoms with E-state index in [4.69, 9.17) is 20.5 Å². The molecule has 0 aliphatic heterocycles. The fourth-order valence-electron chi connectivity index (χ4n) is 2.69. The molecule has 4 aromatic rings. The van der Waals surface area contributed by atoms with Gasteiger partial charge in [-0.15, -0.1) is 0 Å². The molecule has 2 heterocycles. The number of carbonyl (C=O) groups excluding carboxylic acids is 1. The number of aromatic nitrogens is 2. The summed E-state index contributed by atoms with van der Waals surface area (Å²) in [6.45, 7) is 1.92. The van der Waals surface area contributed by atoms with Crippen LogP contribution < -0.4 is 5.32 Å². The minimum Gasteiger partial charge on any atom is -0.449 e. The third-order valence-corrected chi connectivity index (χ3v) is 4.32. The monoisotopic (exact) mass is 367 g/mol. The molecule has 7 heteroatoms. The Labute approximate surface area is 153 Å². The Kier molecular flexibility index (Phi) is 4.18. The largest absolute Gasteiger partial charge is 0.449 e. The molecule has 1 N–H and O–H groups in total. The Hall–Kier alpha value is -3.12. The minimum atomic E-state index is -0.366. The van der Waals surface area contributed by atoms with Crippen molar-refractivity contribution in [2.75, 3.05) is 0 Å². The highest BCUT2D eigenvalue weighted by Gasteiger charge is 2.19. The Balaban J connectivity index is 1.50. The predicted molar refractivity (Wildman–Crippen MR) is 96.9 cm³/mol. The van der Waals surface area contributed by atoms with Crippen LogP contribution in [0, 0.1) is 6.92 Å². The van der Waals surface area contributed by atoms with Crippen LogP contribution in [-0.2, 0) is 6.54 Å². The van der Waals surface area contributed by atoms with E-state index in [1.807, 2.05) is 49.4 Å². The van der Waals surface area contributed by atoms with Crippen molar-refractivity contribution in [3.8, 4) is 11.4 Å². The highest BCUT2D eigenvalue weighted by molar-refractivity contribution is 6.35. The smallest absolute Gasteiger partial charge is 0.287 e. The van der Waals surface area contributed by atoms with Crippen LogP contribution in [0.15, 0.2) is 57.5 Å². The second kappa shape index (κ2) is 6.65. The number of para-hydroxylation sites is 1. The maximum atomic E-state index is 12.5. The van der Waals surface area contributed by atoms with Crippen LogP contribution in [0.4, 0.5) is 0 Å². The predicted octanol–water partition coefficient (Wildman–Crippen LogP) is 4.37. The number of carbonyl (C=O) groups is 1. The van der Waals surface area contributed by atoms with E-state index in [0.717, 1.165) is 16.5 Å². The second-order valence-electron chi connectivity index (χ2n) is 5.73. The van der Waals surface area contributed by atoms with Gasteiger partial charge >= 0.3 is 0 Å². The lowest BCUT2D eigenvalue weighted by Crippen LogP contribution is -2.23. The third kappa shape index (κ3) is 2.95. The summed E-state index contributed by atoms with van der Waals surface area (Å²) in [6, 6.07) is 14.9. The average Bonchev–Trinajstić information content (AvgIpc) is 3.27. The zero-order chi connectivity index (χ0) is 18.1. The van der Waals surface area contributed by atoms with E-state index >= 15 is 0 Å². The van der Waals surface area contributed by atoms with E-state index in [1.165, 1.54) is 0 Å². The Morgan fingerprint density at radius 2 is 1.96 bits per heavy atom. The summed E-state index contributed by atoms with van der Waals surface area (Å²) >= 11 is 6.12. The summed E-state index contributed by atoms with van der Waals surface area (Å²) < 4.78 is 10.8. The van der Waals surface area contributed by atoms with Crippen molar-refractivity contribution in [2.24, 2.45) is 0 Å². The quantitative estimate of drug-likeness (QED) is 0.579. The molecule has 4 rings (SSSR count). The van der Waals surface area contributed by atoms with Crippen molar-refractivity contribution >= 4 is 28.5 Å².